The van der Waals surface area contributed by atoms with E-state index in [0.717, 1.165) is 4.90 Å². The molecule has 1 aliphatic heterocycles. The highest BCUT2D eigenvalue weighted by Crippen LogP contribution is 2.22. The molecule has 0 aromatic heterocycles. The number of benzene rings is 2. The number of aromatic carboxylic acids is 1. The van der Waals surface area contributed by atoms with Gasteiger partial charge in [0.05, 0.1) is 11.3 Å². The van der Waals surface area contributed by atoms with Crippen molar-refractivity contribution in [1.29, 1.82) is 0 Å². The first-order valence-corrected chi connectivity index (χ1v) is 7.78. The smallest absolute Gasteiger partial charge is 0.335 e. The van der Waals surface area contributed by atoms with Crippen molar-refractivity contribution in [3.8, 4) is 0 Å². The number of hydrogen-bond acceptors (Lipinski definition) is 4. The summed E-state index contributed by atoms with van der Waals surface area (Å²) in [6.07, 6.45) is 1.33. The van der Waals surface area contributed by atoms with E-state index in [9.17, 15) is 18.8 Å². The molecule has 0 saturated carbocycles. The second-order valence-electron chi connectivity index (χ2n) is 5.36. The molecular weight excluding hydrogens is 359 g/mol. The Morgan fingerprint density at radius 3 is 2.27 bits per heavy atom. The van der Waals surface area contributed by atoms with Crippen LogP contribution in [-0.2, 0) is 9.59 Å². The molecule has 0 bridgehead atoms. The third-order valence-corrected chi connectivity index (χ3v) is 3.94. The Hall–Kier alpha value is -3.39. The maximum Gasteiger partial charge on any atom is 0.335 e. The Morgan fingerprint density at radius 2 is 1.69 bits per heavy atom. The van der Waals surface area contributed by atoms with E-state index in [2.05, 4.69) is 5.32 Å². The molecule has 0 radical (unpaired) electrons. The zero-order valence-electron chi connectivity index (χ0n) is 13.1. The summed E-state index contributed by atoms with van der Waals surface area (Å²) in [6.45, 7) is 0. The number of hydrogen-bond donors (Lipinski definition) is 2. The van der Waals surface area contributed by atoms with E-state index in [1.807, 2.05) is 0 Å². The molecule has 2 N–H and O–H groups in total. The fourth-order valence-electron chi connectivity index (χ4n) is 2.37. The van der Waals surface area contributed by atoms with Gasteiger partial charge in [0, 0.05) is 0 Å². The lowest BCUT2D eigenvalue weighted by Crippen LogP contribution is -2.54. The van der Waals surface area contributed by atoms with Crippen LogP contribution in [0.5, 0.6) is 0 Å². The van der Waals surface area contributed by atoms with E-state index in [1.165, 1.54) is 54.6 Å². The monoisotopic (exact) mass is 370 g/mol. The number of nitrogens with zero attached hydrogens (tertiary/aromatic N) is 1. The summed E-state index contributed by atoms with van der Waals surface area (Å²) in [5, 5.41) is 11.2. The molecule has 6 nitrogen and oxygen atoms in total. The predicted octanol–water partition coefficient (Wildman–Crippen LogP) is 2.36. The Kier molecular flexibility index (Phi) is 4.59. The van der Waals surface area contributed by atoms with E-state index in [0.29, 0.717) is 11.3 Å². The summed E-state index contributed by atoms with van der Waals surface area (Å²) in [6, 6.07) is 10.8. The molecule has 1 saturated heterocycles. The van der Waals surface area contributed by atoms with Crippen molar-refractivity contribution in [2.45, 2.75) is 0 Å². The zero-order valence-corrected chi connectivity index (χ0v) is 13.9. The van der Waals surface area contributed by atoms with Crippen LogP contribution in [0.15, 0.2) is 54.1 Å². The highest BCUT2D eigenvalue weighted by molar-refractivity contribution is 7.80. The zero-order chi connectivity index (χ0) is 18.8. The Labute approximate surface area is 152 Å². The molecule has 0 aliphatic carbocycles. The molecule has 1 heterocycles. The number of thiocarbonyl (C=S) groups is 1. The minimum absolute atomic E-state index is 0.0840. The van der Waals surface area contributed by atoms with Gasteiger partial charge in [0.15, 0.2) is 5.11 Å². The molecule has 2 aromatic carbocycles. The molecule has 2 amide bonds. The van der Waals surface area contributed by atoms with Crippen LogP contribution in [-0.4, -0.2) is 28.0 Å². The molecule has 1 fully saturated rings. The summed E-state index contributed by atoms with van der Waals surface area (Å²) < 4.78 is 13.1. The highest BCUT2D eigenvalue weighted by atomic mass is 32.1. The van der Waals surface area contributed by atoms with Gasteiger partial charge in [0.25, 0.3) is 11.8 Å². The SMILES string of the molecule is O=C1NC(=S)N(c2ccc(F)cc2)C(=O)/C1=C\c1ccc(C(=O)O)cc1. The van der Waals surface area contributed by atoms with E-state index >= 15 is 0 Å². The predicted molar refractivity (Wildman–Crippen MR) is 96.0 cm³/mol. The molecule has 130 valence electrons. The van der Waals surface area contributed by atoms with Crippen molar-refractivity contribution < 1.29 is 23.9 Å². The summed E-state index contributed by atoms with van der Waals surface area (Å²) in [5.41, 5.74) is 0.695. The quantitative estimate of drug-likeness (QED) is 0.492. The minimum Gasteiger partial charge on any atom is -0.478 e. The van der Waals surface area contributed by atoms with E-state index in [1.54, 1.807) is 0 Å². The number of halogens is 1. The van der Waals surface area contributed by atoms with Crippen LogP contribution in [0.25, 0.3) is 6.08 Å². The van der Waals surface area contributed by atoms with E-state index in [-0.39, 0.29) is 16.2 Å². The van der Waals surface area contributed by atoms with Crippen molar-refractivity contribution in [2.24, 2.45) is 0 Å². The molecular formula is C18H11FN2O4S. The maximum atomic E-state index is 13.1. The van der Waals surface area contributed by atoms with Crippen LogP contribution in [0.3, 0.4) is 0 Å². The summed E-state index contributed by atoms with van der Waals surface area (Å²) in [7, 11) is 0. The summed E-state index contributed by atoms with van der Waals surface area (Å²) >= 11 is 5.05. The average molecular weight is 370 g/mol. The Morgan fingerprint density at radius 1 is 1.08 bits per heavy atom. The normalized spacial score (nSPS) is 16.0. The lowest BCUT2D eigenvalue weighted by molar-refractivity contribution is -0.122. The molecule has 8 heteroatoms. The number of carbonyl (C=O) groups excluding carboxylic acids is 2. The number of carboxylic acids is 1. The van der Waals surface area contributed by atoms with Crippen molar-refractivity contribution in [3.63, 3.8) is 0 Å². The molecule has 1 aliphatic rings. The van der Waals surface area contributed by atoms with Gasteiger partial charge in [-0.2, -0.15) is 0 Å². The third-order valence-electron chi connectivity index (χ3n) is 3.66. The van der Waals surface area contributed by atoms with Gasteiger partial charge in [-0.3, -0.25) is 19.8 Å². The van der Waals surface area contributed by atoms with Crippen LogP contribution >= 0.6 is 12.2 Å². The van der Waals surface area contributed by atoms with Gasteiger partial charge in [-0.15, -0.1) is 0 Å². The molecule has 0 atom stereocenters. The van der Waals surface area contributed by atoms with Crippen molar-refractivity contribution in [1.82, 2.24) is 5.32 Å². The first kappa shape index (κ1) is 17.4. The fraction of sp³-hybridized carbons (Fsp3) is 0. The van der Waals surface area contributed by atoms with Crippen molar-refractivity contribution in [2.75, 3.05) is 4.90 Å². The van der Waals surface area contributed by atoms with E-state index in [4.69, 9.17) is 17.3 Å². The number of nitrogens with one attached hydrogen (secondary N) is 1. The van der Waals surface area contributed by atoms with Crippen LogP contribution in [0.1, 0.15) is 15.9 Å². The van der Waals surface area contributed by atoms with Crippen LogP contribution in [0.2, 0.25) is 0 Å². The second-order valence-corrected chi connectivity index (χ2v) is 5.75. The minimum atomic E-state index is -1.08. The molecule has 0 spiro atoms. The van der Waals surface area contributed by atoms with Gasteiger partial charge in [0.1, 0.15) is 11.4 Å². The highest BCUT2D eigenvalue weighted by Gasteiger charge is 2.34. The van der Waals surface area contributed by atoms with Gasteiger partial charge < -0.3 is 5.11 Å². The fourth-order valence-corrected chi connectivity index (χ4v) is 2.65. The van der Waals surface area contributed by atoms with Gasteiger partial charge in [-0.1, -0.05) is 12.1 Å². The lowest BCUT2D eigenvalue weighted by Gasteiger charge is -2.28. The molecule has 26 heavy (non-hydrogen) atoms. The van der Waals surface area contributed by atoms with Gasteiger partial charge in [-0.05, 0) is 60.3 Å². The van der Waals surface area contributed by atoms with Crippen LogP contribution in [0, 0.1) is 5.82 Å². The van der Waals surface area contributed by atoms with Crippen LogP contribution < -0.4 is 10.2 Å². The van der Waals surface area contributed by atoms with Crippen molar-refractivity contribution in [3.05, 3.63) is 71.0 Å². The number of carbonyl (C=O) groups is 3. The standard InChI is InChI=1S/C18H11FN2O4S/c19-12-5-7-13(8-6-12)21-16(23)14(15(22)20-18(21)26)9-10-1-3-11(4-2-10)17(24)25/h1-9H,(H,24,25)(H,20,22,26)/b14-9-. The molecule has 2 aromatic rings. The maximum absolute atomic E-state index is 13.1. The van der Waals surface area contributed by atoms with Crippen molar-refractivity contribution >= 4 is 46.9 Å². The Bertz CT molecular complexity index is 952. The number of rotatable bonds is 3. The van der Waals surface area contributed by atoms with Gasteiger partial charge in [0.2, 0.25) is 0 Å². The molecule has 0 unspecified atom stereocenters. The summed E-state index contributed by atoms with van der Waals surface area (Å²) in [4.78, 5) is 36.9. The van der Waals surface area contributed by atoms with Gasteiger partial charge in [-0.25, -0.2) is 9.18 Å². The van der Waals surface area contributed by atoms with Gasteiger partial charge >= 0.3 is 5.97 Å². The summed E-state index contributed by atoms with van der Waals surface area (Å²) in [5.74, 6) is -2.88. The topological polar surface area (TPSA) is 86.7 Å². The Balaban J connectivity index is 1.96. The largest absolute Gasteiger partial charge is 0.478 e. The van der Waals surface area contributed by atoms with Crippen LogP contribution in [0.4, 0.5) is 10.1 Å². The average Bonchev–Trinajstić information content (AvgIpc) is 2.60. The number of anilines is 1. The lowest BCUT2D eigenvalue weighted by atomic mass is 10.1. The second kappa shape index (κ2) is 6.85. The van der Waals surface area contributed by atoms with E-state index < -0.39 is 23.6 Å². The first-order chi connectivity index (χ1) is 12.4. The number of amides is 2. The molecule has 3 rings (SSSR count). The first-order valence-electron chi connectivity index (χ1n) is 7.37. The number of carboxylic acid groups (broad SMARTS) is 1. The third kappa shape index (κ3) is 3.35.